The van der Waals surface area contributed by atoms with Crippen LogP contribution in [0.15, 0.2) is 11.6 Å². The van der Waals surface area contributed by atoms with Crippen molar-refractivity contribution in [3.05, 3.63) is 16.6 Å². The van der Waals surface area contributed by atoms with E-state index in [1.54, 1.807) is 6.20 Å². The van der Waals surface area contributed by atoms with Crippen LogP contribution in [0, 0.1) is 0 Å². The van der Waals surface area contributed by atoms with E-state index in [0.29, 0.717) is 6.42 Å². The summed E-state index contributed by atoms with van der Waals surface area (Å²) in [5.41, 5.74) is 5.59. The molecule has 0 aromatic carbocycles. The lowest BCUT2D eigenvalue weighted by Crippen LogP contribution is -2.41. The Morgan fingerprint density at radius 2 is 2.50 bits per heavy atom. The van der Waals surface area contributed by atoms with Gasteiger partial charge in [0.1, 0.15) is 5.01 Å². The number of amides is 1. The van der Waals surface area contributed by atoms with Crippen molar-refractivity contribution in [3.8, 4) is 0 Å². The number of nitrogens with one attached hydrogen (secondary N) is 1. The number of hydrogen-bond donors (Lipinski definition) is 2. The van der Waals surface area contributed by atoms with Gasteiger partial charge < -0.3 is 11.1 Å². The summed E-state index contributed by atoms with van der Waals surface area (Å²) in [6.07, 6.45) is 2.37. The topological polar surface area (TPSA) is 68.0 Å². The molecular weight excluding hydrogens is 198 g/mol. The van der Waals surface area contributed by atoms with Crippen molar-refractivity contribution in [1.29, 1.82) is 0 Å². The quantitative estimate of drug-likeness (QED) is 0.785. The smallest absolute Gasteiger partial charge is 0.237 e. The van der Waals surface area contributed by atoms with Gasteiger partial charge in [-0.25, -0.2) is 4.98 Å². The maximum atomic E-state index is 11.4. The second kappa shape index (κ2) is 5.07. The van der Waals surface area contributed by atoms with Gasteiger partial charge >= 0.3 is 0 Å². The van der Waals surface area contributed by atoms with E-state index in [1.165, 1.54) is 11.3 Å². The van der Waals surface area contributed by atoms with Crippen LogP contribution in [0.4, 0.5) is 0 Å². The first kappa shape index (κ1) is 11.1. The summed E-state index contributed by atoms with van der Waals surface area (Å²) in [5.74, 6) is -0.116. The molecule has 5 heteroatoms. The van der Waals surface area contributed by atoms with Crippen molar-refractivity contribution in [2.75, 3.05) is 0 Å². The van der Waals surface area contributed by atoms with Gasteiger partial charge in [0.2, 0.25) is 5.91 Å². The number of aromatic nitrogens is 1. The van der Waals surface area contributed by atoms with E-state index in [-0.39, 0.29) is 11.9 Å². The summed E-state index contributed by atoms with van der Waals surface area (Å²) in [4.78, 5) is 15.5. The average molecular weight is 213 g/mol. The van der Waals surface area contributed by atoms with Crippen LogP contribution in [0.3, 0.4) is 0 Å². The van der Waals surface area contributed by atoms with Gasteiger partial charge in [-0.2, -0.15) is 0 Å². The molecule has 0 aliphatic heterocycles. The normalized spacial score (nSPS) is 14.8. The Morgan fingerprint density at radius 3 is 3.00 bits per heavy atom. The van der Waals surface area contributed by atoms with Crippen LogP contribution in [0.25, 0.3) is 0 Å². The Labute approximate surface area is 87.5 Å². The highest BCUT2D eigenvalue weighted by Crippen LogP contribution is 2.14. The predicted molar refractivity (Wildman–Crippen MR) is 56.9 cm³/mol. The van der Waals surface area contributed by atoms with Gasteiger partial charge in [0.25, 0.3) is 0 Å². The number of rotatable bonds is 4. The van der Waals surface area contributed by atoms with E-state index in [0.717, 1.165) is 5.01 Å². The highest BCUT2D eigenvalue weighted by atomic mass is 32.1. The standard InChI is InChI=1S/C9H15N3OS/c1-3-7(10)8(13)12-6(2)9-11-4-5-14-9/h4-7H,3,10H2,1-2H3,(H,12,13). The highest BCUT2D eigenvalue weighted by molar-refractivity contribution is 7.09. The van der Waals surface area contributed by atoms with Crippen molar-refractivity contribution < 1.29 is 4.79 Å². The molecule has 2 unspecified atom stereocenters. The minimum atomic E-state index is -0.419. The number of hydrogen-bond acceptors (Lipinski definition) is 4. The minimum Gasteiger partial charge on any atom is -0.346 e. The SMILES string of the molecule is CCC(N)C(=O)NC(C)c1nccs1. The van der Waals surface area contributed by atoms with Crippen LogP contribution < -0.4 is 11.1 Å². The second-order valence-corrected chi connectivity index (χ2v) is 4.04. The molecule has 0 fully saturated rings. The number of nitrogens with two attached hydrogens (primary N) is 1. The van der Waals surface area contributed by atoms with E-state index in [9.17, 15) is 4.79 Å². The Balaban J connectivity index is 2.49. The summed E-state index contributed by atoms with van der Waals surface area (Å²) in [6.45, 7) is 3.79. The molecule has 0 bridgehead atoms. The van der Waals surface area contributed by atoms with Crippen LogP contribution in [-0.2, 0) is 4.79 Å². The van der Waals surface area contributed by atoms with E-state index >= 15 is 0 Å². The fourth-order valence-electron chi connectivity index (χ4n) is 1.02. The average Bonchev–Trinajstić information content (AvgIpc) is 2.69. The third-order valence-electron chi connectivity index (χ3n) is 1.96. The fourth-order valence-corrected chi connectivity index (χ4v) is 1.66. The van der Waals surface area contributed by atoms with Crippen LogP contribution in [-0.4, -0.2) is 16.9 Å². The molecule has 1 aromatic heterocycles. The predicted octanol–water partition coefficient (Wildman–Crippen LogP) is 1.06. The Kier molecular flexibility index (Phi) is 4.03. The second-order valence-electron chi connectivity index (χ2n) is 3.12. The zero-order valence-corrected chi connectivity index (χ0v) is 9.17. The third kappa shape index (κ3) is 2.78. The van der Waals surface area contributed by atoms with E-state index in [4.69, 9.17) is 5.73 Å². The number of carbonyl (C=O) groups excluding carboxylic acids is 1. The minimum absolute atomic E-state index is 0.0555. The van der Waals surface area contributed by atoms with Crippen LogP contribution >= 0.6 is 11.3 Å². The maximum absolute atomic E-state index is 11.4. The molecule has 0 saturated heterocycles. The molecule has 78 valence electrons. The van der Waals surface area contributed by atoms with E-state index in [2.05, 4.69) is 10.3 Å². The number of carbonyl (C=O) groups is 1. The first-order valence-electron chi connectivity index (χ1n) is 4.60. The molecular formula is C9H15N3OS. The summed E-state index contributed by atoms with van der Waals surface area (Å²) >= 11 is 1.53. The Bertz CT molecular complexity index is 286. The lowest BCUT2D eigenvalue weighted by Gasteiger charge is -2.14. The lowest BCUT2D eigenvalue weighted by atomic mass is 10.2. The van der Waals surface area contributed by atoms with Crippen molar-refractivity contribution >= 4 is 17.2 Å². The van der Waals surface area contributed by atoms with Crippen LogP contribution in [0.2, 0.25) is 0 Å². The molecule has 0 radical (unpaired) electrons. The third-order valence-corrected chi connectivity index (χ3v) is 2.92. The summed E-state index contributed by atoms with van der Waals surface area (Å²) in [6, 6.07) is -0.475. The van der Waals surface area contributed by atoms with Crippen molar-refractivity contribution in [2.45, 2.75) is 32.4 Å². The van der Waals surface area contributed by atoms with E-state index in [1.807, 2.05) is 19.2 Å². The molecule has 4 nitrogen and oxygen atoms in total. The molecule has 1 amide bonds. The van der Waals surface area contributed by atoms with Gasteiger partial charge in [0, 0.05) is 11.6 Å². The Morgan fingerprint density at radius 1 is 1.79 bits per heavy atom. The molecule has 1 aromatic rings. The van der Waals surface area contributed by atoms with Crippen LogP contribution in [0.5, 0.6) is 0 Å². The molecule has 0 saturated carbocycles. The van der Waals surface area contributed by atoms with Gasteiger partial charge in [0.05, 0.1) is 12.1 Å². The molecule has 14 heavy (non-hydrogen) atoms. The zero-order valence-electron chi connectivity index (χ0n) is 8.36. The molecule has 0 aliphatic rings. The van der Waals surface area contributed by atoms with Gasteiger partial charge in [-0.05, 0) is 13.3 Å². The van der Waals surface area contributed by atoms with Gasteiger partial charge in [-0.15, -0.1) is 11.3 Å². The van der Waals surface area contributed by atoms with Gasteiger partial charge in [-0.1, -0.05) is 6.92 Å². The van der Waals surface area contributed by atoms with Gasteiger partial charge in [-0.3, -0.25) is 4.79 Å². The molecule has 1 rings (SSSR count). The molecule has 2 atom stereocenters. The number of nitrogens with zero attached hydrogens (tertiary/aromatic N) is 1. The van der Waals surface area contributed by atoms with Gasteiger partial charge in [0.15, 0.2) is 0 Å². The van der Waals surface area contributed by atoms with E-state index < -0.39 is 6.04 Å². The summed E-state index contributed by atoms with van der Waals surface area (Å²) in [5, 5.41) is 5.61. The fraction of sp³-hybridized carbons (Fsp3) is 0.556. The molecule has 3 N–H and O–H groups in total. The monoisotopic (exact) mass is 213 g/mol. The largest absolute Gasteiger partial charge is 0.346 e. The van der Waals surface area contributed by atoms with Crippen molar-refractivity contribution in [3.63, 3.8) is 0 Å². The maximum Gasteiger partial charge on any atom is 0.237 e. The number of thiazole rings is 1. The van der Waals surface area contributed by atoms with Crippen molar-refractivity contribution in [2.24, 2.45) is 5.73 Å². The molecule has 0 spiro atoms. The molecule has 1 heterocycles. The lowest BCUT2D eigenvalue weighted by molar-refractivity contribution is -0.123. The summed E-state index contributed by atoms with van der Waals surface area (Å²) in [7, 11) is 0. The zero-order chi connectivity index (χ0) is 10.6. The first-order valence-corrected chi connectivity index (χ1v) is 5.48. The summed E-state index contributed by atoms with van der Waals surface area (Å²) < 4.78 is 0. The first-order chi connectivity index (χ1) is 6.65. The van der Waals surface area contributed by atoms with Crippen molar-refractivity contribution in [1.82, 2.24) is 10.3 Å². The Hall–Kier alpha value is -0.940. The molecule has 0 aliphatic carbocycles. The van der Waals surface area contributed by atoms with Crippen LogP contribution in [0.1, 0.15) is 31.3 Å². The highest BCUT2D eigenvalue weighted by Gasteiger charge is 2.15.